The quantitative estimate of drug-likeness (QED) is 0.786. The number of rotatable bonds is 6. The highest BCUT2D eigenvalue weighted by atomic mass is 19.1. The largest absolute Gasteiger partial charge is 0.466 e. The molecule has 1 amide bonds. The topological polar surface area (TPSA) is 81.4 Å². The number of nitrogens with one attached hydrogen (secondary N) is 1. The van der Waals surface area contributed by atoms with Crippen LogP contribution < -0.4 is 11.1 Å². The molecule has 0 spiro atoms. The van der Waals surface area contributed by atoms with Crippen LogP contribution in [0.15, 0.2) is 24.3 Å². The normalized spacial score (nSPS) is 22.3. The molecule has 0 radical (unpaired) electrons. The molecule has 0 heterocycles. The van der Waals surface area contributed by atoms with Gasteiger partial charge in [0.05, 0.1) is 12.5 Å². The molecule has 3 N–H and O–H groups in total. The van der Waals surface area contributed by atoms with Crippen LogP contribution in [0.3, 0.4) is 0 Å². The van der Waals surface area contributed by atoms with Gasteiger partial charge in [0, 0.05) is 6.04 Å². The van der Waals surface area contributed by atoms with Gasteiger partial charge in [-0.05, 0) is 37.5 Å². The van der Waals surface area contributed by atoms with Gasteiger partial charge in [0.2, 0.25) is 5.91 Å². The number of esters is 1. The lowest BCUT2D eigenvalue weighted by Gasteiger charge is -2.33. The summed E-state index contributed by atoms with van der Waals surface area (Å²) >= 11 is 0. The van der Waals surface area contributed by atoms with Gasteiger partial charge in [-0.3, -0.25) is 14.9 Å². The van der Waals surface area contributed by atoms with Gasteiger partial charge >= 0.3 is 5.97 Å². The molecule has 1 unspecified atom stereocenters. The lowest BCUT2D eigenvalue weighted by atomic mass is 9.83. The second-order valence-electron chi connectivity index (χ2n) is 5.80. The van der Waals surface area contributed by atoms with Crippen LogP contribution in [0, 0.1) is 11.7 Å². The molecule has 3 atom stereocenters. The Balaban J connectivity index is 2.15. The Morgan fingerprint density at radius 1 is 1.30 bits per heavy atom. The summed E-state index contributed by atoms with van der Waals surface area (Å²) in [4.78, 5) is 23.9. The van der Waals surface area contributed by atoms with Gasteiger partial charge < -0.3 is 10.5 Å². The molecule has 0 bridgehead atoms. The van der Waals surface area contributed by atoms with Crippen LogP contribution in [0.5, 0.6) is 0 Å². The number of carbonyl (C=O) groups excluding carboxylic acids is 2. The van der Waals surface area contributed by atoms with E-state index < -0.39 is 11.9 Å². The van der Waals surface area contributed by atoms with Gasteiger partial charge in [0.25, 0.3) is 0 Å². The van der Waals surface area contributed by atoms with E-state index in [1.54, 1.807) is 6.92 Å². The van der Waals surface area contributed by atoms with Crippen molar-refractivity contribution in [2.24, 2.45) is 11.7 Å². The molecular formula is C17H23FN2O3. The summed E-state index contributed by atoms with van der Waals surface area (Å²) in [7, 11) is 0. The Morgan fingerprint density at radius 3 is 2.57 bits per heavy atom. The van der Waals surface area contributed by atoms with Crippen molar-refractivity contribution < 1.29 is 18.7 Å². The first-order chi connectivity index (χ1) is 11.0. The van der Waals surface area contributed by atoms with Crippen LogP contribution in [-0.4, -0.2) is 24.5 Å². The van der Waals surface area contributed by atoms with E-state index in [0.717, 1.165) is 25.7 Å². The van der Waals surface area contributed by atoms with E-state index >= 15 is 0 Å². The number of benzene rings is 1. The summed E-state index contributed by atoms with van der Waals surface area (Å²) in [6.45, 7) is 2.10. The molecule has 0 aliphatic heterocycles. The van der Waals surface area contributed by atoms with E-state index in [-0.39, 0.29) is 23.7 Å². The molecule has 1 aliphatic rings. The number of hydrogen-bond donors (Lipinski definition) is 2. The fraction of sp³-hybridized carbons (Fsp3) is 0.529. The second-order valence-corrected chi connectivity index (χ2v) is 5.80. The van der Waals surface area contributed by atoms with Crippen molar-refractivity contribution in [3.05, 3.63) is 35.6 Å². The van der Waals surface area contributed by atoms with Gasteiger partial charge in [-0.1, -0.05) is 25.0 Å². The third kappa shape index (κ3) is 4.51. The molecule has 1 saturated carbocycles. The van der Waals surface area contributed by atoms with E-state index in [9.17, 15) is 14.0 Å². The van der Waals surface area contributed by atoms with Gasteiger partial charge in [0.1, 0.15) is 11.9 Å². The number of amides is 1. The summed E-state index contributed by atoms with van der Waals surface area (Å²) in [6.07, 6.45) is 3.43. The molecule has 2 rings (SSSR count). The zero-order chi connectivity index (χ0) is 16.8. The molecular weight excluding hydrogens is 299 g/mol. The Kier molecular flexibility index (Phi) is 6.10. The molecule has 0 saturated heterocycles. The minimum absolute atomic E-state index is 0.176. The standard InChI is InChI=1S/C17H23FN2O3/c1-2-23-17(22)13-5-3-4-6-14(13)20-15(16(19)21)11-7-9-12(18)10-8-11/h7-10,13-15,20H,2-6H2,1H3,(H2,19,21)/t13-,14+,15?/m0/s1. The van der Waals surface area contributed by atoms with Crippen molar-refractivity contribution >= 4 is 11.9 Å². The first kappa shape index (κ1) is 17.4. The monoisotopic (exact) mass is 322 g/mol. The molecule has 6 heteroatoms. The fourth-order valence-corrected chi connectivity index (χ4v) is 3.07. The maximum absolute atomic E-state index is 13.1. The van der Waals surface area contributed by atoms with Crippen LogP contribution >= 0.6 is 0 Å². The number of hydrogen-bond acceptors (Lipinski definition) is 4. The van der Waals surface area contributed by atoms with E-state index in [1.807, 2.05) is 0 Å². The summed E-state index contributed by atoms with van der Waals surface area (Å²) < 4.78 is 18.2. The summed E-state index contributed by atoms with van der Waals surface area (Å²) in [5.74, 6) is -1.46. The number of nitrogens with two attached hydrogens (primary N) is 1. The Labute approximate surface area is 135 Å². The highest BCUT2D eigenvalue weighted by Gasteiger charge is 2.34. The predicted molar refractivity (Wildman–Crippen MR) is 83.9 cm³/mol. The first-order valence-corrected chi connectivity index (χ1v) is 8.00. The number of ether oxygens (including phenoxy) is 1. The third-order valence-corrected chi connectivity index (χ3v) is 4.22. The van der Waals surface area contributed by atoms with Gasteiger partial charge in [-0.2, -0.15) is 0 Å². The number of carbonyl (C=O) groups is 2. The van der Waals surface area contributed by atoms with E-state index in [1.165, 1.54) is 24.3 Å². The van der Waals surface area contributed by atoms with Crippen molar-refractivity contribution in [1.82, 2.24) is 5.32 Å². The Hall–Kier alpha value is -1.95. The average Bonchev–Trinajstić information content (AvgIpc) is 2.54. The van der Waals surface area contributed by atoms with Gasteiger partial charge in [-0.15, -0.1) is 0 Å². The van der Waals surface area contributed by atoms with E-state index in [0.29, 0.717) is 12.2 Å². The maximum Gasteiger partial charge on any atom is 0.310 e. The van der Waals surface area contributed by atoms with Crippen LogP contribution in [0.25, 0.3) is 0 Å². The summed E-state index contributed by atoms with van der Waals surface area (Å²) in [5, 5.41) is 3.18. The summed E-state index contributed by atoms with van der Waals surface area (Å²) in [6, 6.07) is 4.70. The average molecular weight is 322 g/mol. The van der Waals surface area contributed by atoms with Crippen molar-refractivity contribution in [1.29, 1.82) is 0 Å². The molecule has 1 fully saturated rings. The predicted octanol–water partition coefficient (Wildman–Crippen LogP) is 2.06. The number of primary amides is 1. The Morgan fingerprint density at radius 2 is 1.96 bits per heavy atom. The molecule has 5 nitrogen and oxygen atoms in total. The van der Waals surface area contributed by atoms with Gasteiger partial charge in [-0.25, -0.2) is 4.39 Å². The number of halogens is 1. The van der Waals surface area contributed by atoms with E-state index in [4.69, 9.17) is 10.5 Å². The SMILES string of the molecule is CCOC(=O)[C@H]1CCCC[C@H]1NC(C(N)=O)c1ccc(F)cc1. The second kappa shape index (κ2) is 8.06. The zero-order valence-electron chi connectivity index (χ0n) is 13.3. The van der Waals surface area contributed by atoms with Crippen molar-refractivity contribution in [2.45, 2.75) is 44.7 Å². The fourth-order valence-electron chi connectivity index (χ4n) is 3.07. The molecule has 1 aliphatic carbocycles. The Bertz CT molecular complexity index is 547. The maximum atomic E-state index is 13.1. The first-order valence-electron chi connectivity index (χ1n) is 8.00. The molecule has 23 heavy (non-hydrogen) atoms. The third-order valence-electron chi connectivity index (χ3n) is 4.22. The van der Waals surface area contributed by atoms with E-state index in [2.05, 4.69) is 5.32 Å². The zero-order valence-corrected chi connectivity index (χ0v) is 13.3. The van der Waals surface area contributed by atoms with Crippen molar-refractivity contribution in [3.8, 4) is 0 Å². The lowest BCUT2D eigenvalue weighted by molar-refractivity contribution is -0.150. The highest BCUT2D eigenvalue weighted by molar-refractivity contribution is 5.81. The van der Waals surface area contributed by atoms with Crippen molar-refractivity contribution in [3.63, 3.8) is 0 Å². The lowest BCUT2D eigenvalue weighted by Crippen LogP contribution is -2.47. The molecule has 1 aromatic carbocycles. The molecule has 126 valence electrons. The minimum atomic E-state index is -0.754. The highest BCUT2D eigenvalue weighted by Crippen LogP contribution is 2.28. The van der Waals surface area contributed by atoms with Crippen LogP contribution in [0.1, 0.15) is 44.2 Å². The smallest absolute Gasteiger partial charge is 0.310 e. The van der Waals surface area contributed by atoms with Crippen LogP contribution in [0.2, 0.25) is 0 Å². The van der Waals surface area contributed by atoms with Crippen LogP contribution in [-0.2, 0) is 14.3 Å². The summed E-state index contributed by atoms with van der Waals surface area (Å²) in [5.41, 5.74) is 6.08. The van der Waals surface area contributed by atoms with Gasteiger partial charge in [0.15, 0.2) is 0 Å². The minimum Gasteiger partial charge on any atom is -0.466 e. The van der Waals surface area contributed by atoms with Crippen molar-refractivity contribution in [2.75, 3.05) is 6.61 Å². The molecule has 0 aromatic heterocycles. The molecule has 1 aromatic rings. The van der Waals surface area contributed by atoms with Crippen LogP contribution in [0.4, 0.5) is 4.39 Å².